The molecule has 0 bridgehead atoms. The van der Waals surface area contributed by atoms with Gasteiger partial charge < -0.3 is 29.5 Å². The van der Waals surface area contributed by atoms with Crippen LogP contribution in [0.15, 0.2) is 48.7 Å². The van der Waals surface area contributed by atoms with Crippen molar-refractivity contribution in [1.82, 2.24) is 20.1 Å². The SMILES string of the molecule is CC(=O)NCCc1ccc(Cl)c(CN(C(=O)[C@@H]2CN(C(=O)OC(C)(C)C)CC[C@H]2c2ccc(N3CC[C@@H](Oc4c(Cl)cc(C)cc4Cl)C3)nc2)C2CC2)c1. The largest absolute Gasteiger partial charge is 0.485 e. The first-order valence-corrected chi connectivity index (χ1v) is 19.9. The second-order valence-electron chi connectivity index (χ2n) is 15.8. The minimum Gasteiger partial charge on any atom is -0.485 e. The number of nitrogens with zero attached hydrogens (tertiary/aromatic N) is 4. The second-order valence-corrected chi connectivity index (χ2v) is 17.0. The van der Waals surface area contributed by atoms with Gasteiger partial charge in [0.2, 0.25) is 11.8 Å². The van der Waals surface area contributed by atoms with E-state index in [1.165, 1.54) is 6.92 Å². The highest BCUT2D eigenvalue weighted by molar-refractivity contribution is 6.37. The summed E-state index contributed by atoms with van der Waals surface area (Å²) in [6, 6.07) is 13.7. The Kier molecular flexibility index (Phi) is 12.5. The highest BCUT2D eigenvalue weighted by Gasteiger charge is 2.43. The molecule has 3 aromatic rings. The van der Waals surface area contributed by atoms with Crippen molar-refractivity contribution in [2.45, 2.75) is 96.9 Å². The molecule has 290 valence electrons. The van der Waals surface area contributed by atoms with Crippen LogP contribution in [0.3, 0.4) is 0 Å². The predicted octanol–water partition coefficient (Wildman–Crippen LogP) is 8.22. The fourth-order valence-corrected chi connectivity index (χ4v) is 8.22. The molecular weight excluding hydrogens is 749 g/mol. The van der Waals surface area contributed by atoms with Crippen LogP contribution in [0.2, 0.25) is 15.1 Å². The number of amides is 3. The molecule has 2 saturated heterocycles. The molecule has 1 N–H and O–H groups in total. The van der Waals surface area contributed by atoms with Crippen LogP contribution >= 0.6 is 34.8 Å². The quantitative estimate of drug-likeness (QED) is 0.209. The van der Waals surface area contributed by atoms with Crippen molar-refractivity contribution in [3.63, 3.8) is 0 Å². The molecule has 0 spiro atoms. The van der Waals surface area contributed by atoms with Gasteiger partial charge in [0.25, 0.3) is 0 Å². The lowest BCUT2D eigenvalue weighted by Crippen LogP contribution is -2.51. The van der Waals surface area contributed by atoms with E-state index in [4.69, 9.17) is 49.3 Å². The lowest BCUT2D eigenvalue weighted by atomic mass is 9.80. The van der Waals surface area contributed by atoms with Gasteiger partial charge in [-0.05, 0) is 99.9 Å². The highest BCUT2D eigenvalue weighted by atomic mass is 35.5. The summed E-state index contributed by atoms with van der Waals surface area (Å²) < 4.78 is 12.0. The fourth-order valence-electron chi connectivity index (χ4n) is 7.35. The summed E-state index contributed by atoms with van der Waals surface area (Å²) >= 11 is 19.6. The number of carbonyl (C=O) groups excluding carboxylic acids is 3. The number of hydrogen-bond donors (Lipinski definition) is 1. The number of hydrogen-bond acceptors (Lipinski definition) is 7. The zero-order valence-electron chi connectivity index (χ0n) is 31.7. The minimum atomic E-state index is -0.660. The van der Waals surface area contributed by atoms with Crippen molar-refractivity contribution in [1.29, 1.82) is 0 Å². The standard InChI is InChI=1S/C41H50Cl3N5O5/c1-25-18-35(43)38(36(44)19-25)53-31-13-16-47(23-31)37-11-7-28(21-46-37)32-14-17-48(40(52)54-41(3,4)5)24-33(32)39(51)49(30-8-9-30)22-29-20-27(6-10-34(29)42)12-15-45-26(2)50/h6-7,10-11,18-21,30-33H,8-9,12-17,22-24H2,1-5H3,(H,45,50)/t31-,32+,33-/m1/s1. The summed E-state index contributed by atoms with van der Waals surface area (Å²) in [5.41, 5.74) is 3.16. The number of rotatable bonds is 11. The summed E-state index contributed by atoms with van der Waals surface area (Å²) in [6.07, 6.45) is 5.23. The number of likely N-dealkylation sites (tertiary alicyclic amines) is 1. The molecule has 0 unspecified atom stereocenters. The van der Waals surface area contributed by atoms with E-state index in [9.17, 15) is 14.4 Å². The summed E-state index contributed by atoms with van der Waals surface area (Å²) in [5.74, 6) is 0.588. The lowest BCUT2D eigenvalue weighted by Gasteiger charge is -2.40. The number of anilines is 1. The van der Waals surface area contributed by atoms with Gasteiger partial charge in [0.1, 0.15) is 17.5 Å². The van der Waals surface area contributed by atoms with E-state index in [-0.39, 0.29) is 36.4 Å². The van der Waals surface area contributed by atoms with Gasteiger partial charge in [-0.2, -0.15) is 0 Å². The number of ether oxygens (including phenoxy) is 2. The first-order chi connectivity index (χ1) is 25.6. The van der Waals surface area contributed by atoms with Crippen LogP contribution in [0.1, 0.15) is 81.5 Å². The van der Waals surface area contributed by atoms with Crippen molar-refractivity contribution < 1.29 is 23.9 Å². The van der Waals surface area contributed by atoms with Crippen molar-refractivity contribution in [2.24, 2.45) is 5.92 Å². The highest BCUT2D eigenvalue weighted by Crippen LogP contribution is 2.40. The lowest BCUT2D eigenvalue weighted by molar-refractivity contribution is -0.139. The fraction of sp³-hybridized carbons (Fsp3) is 0.512. The topological polar surface area (TPSA) is 104 Å². The Bertz CT molecular complexity index is 1820. The van der Waals surface area contributed by atoms with E-state index < -0.39 is 17.6 Å². The van der Waals surface area contributed by atoms with Crippen LogP contribution in [0.25, 0.3) is 0 Å². The summed E-state index contributed by atoms with van der Waals surface area (Å²) in [6.45, 7) is 12.0. The van der Waals surface area contributed by atoms with Crippen molar-refractivity contribution in [2.75, 3.05) is 37.6 Å². The Labute approximate surface area is 333 Å². The van der Waals surface area contributed by atoms with Crippen LogP contribution < -0.4 is 15.0 Å². The molecule has 1 aromatic heterocycles. The Morgan fingerprint density at radius 2 is 1.69 bits per heavy atom. The molecule has 3 atom stereocenters. The van der Waals surface area contributed by atoms with Crippen LogP contribution in [0.4, 0.5) is 10.6 Å². The van der Waals surface area contributed by atoms with E-state index in [1.54, 1.807) is 4.90 Å². The Morgan fingerprint density at radius 3 is 2.33 bits per heavy atom. The molecule has 10 nitrogen and oxygen atoms in total. The number of aromatic nitrogens is 1. The van der Waals surface area contributed by atoms with Crippen molar-refractivity contribution >= 4 is 58.5 Å². The minimum absolute atomic E-state index is 0.00693. The van der Waals surface area contributed by atoms with Crippen molar-refractivity contribution in [3.05, 3.63) is 86.0 Å². The molecule has 54 heavy (non-hydrogen) atoms. The van der Waals surface area contributed by atoms with E-state index in [0.29, 0.717) is 59.8 Å². The van der Waals surface area contributed by atoms with Gasteiger partial charge in [-0.1, -0.05) is 53.0 Å². The first kappa shape index (κ1) is 39.9. The predicted molar refractivity (Wildman–Crippen MR) is 213 cm³/mol. The third-order valence-corrected chi connectivity index (χ3v) is 11.1. The summed E-state index contributed by atoms with van der Waals surface area (Å²) in [7, 11) is 0. The molecule has 3 aliphatic rings. The van der Waals surface area contributed by atoms with Gasteiger partial charge in [-0.15, -0.1) is 0 Å². The van der Waals surface area contributed by atoms with E-state index >= 15 is 0 Å². The molecule has 3 heterocycles. The number of benzene rings is 2. The van der Waals surface area contributed by atoms with Crippen LogP contribution in [-0.2, 0) is 27.3 Å². The molecular formula is C41H50Cl3N5O5. The first-order valence-electron chi connectivity index (χ1n) is 18.8. The molecule has 6 rings (SSSR count). The summed E-state index contributed by atoms with van der Waals surface area (Å²) in [5, 5.41) is 4.43. The normalized spacial score (nSPS) is 20.1. The molecule has 0 radical (unpaired) electrons. The maximum atomic E-state index is 14.8. The number of carbonyl (C=O) groups is 3. The summed E-state index contributed by atoms with van der Waals surface area (Å²) in [4.78, 5) is 50.2. The zero-order valence-corrected chi connectivity index (χ0v) is 33.9. The Hall–Kier alpha value is -3.73. The molecule has 1 aliphatic carbocycles. The smallest absolute Gasteiger partial charge is 0.410 e. The van der Waals surface area contributed by atoms with Gasteiger partial charge in [0.05, 0.1) is 22.5 Å². The van der Waals surface area contributed by atoms with E-state index in [0.717, 1.165) is 53.9 Å². The van der Waals surface area contributed by atoms with E-state index in [1.807, 2.05) is 75.2 Å². The molecule has 2 aromatic carbocycles. The van der Waals surface area contributed by atoms with Gasteiger partial charge in [-0.3, -0.25) is 9.59 Å². The molecule has 3 fully saturated rings. The maximum absolute atomic E-state index is 14.8. The number of pyridine rings is 1. The average Bonchev–Trinajstić information content (AvgIpc) is 3.85. The molecule has 1 saturated carbocycles. The third kappa shape index (κ3) is 10.1. The molecule has 13 heteroatoms. The number of halogens is 3. The number of aryl methyl sites for hydroxylation is 1. The zero-order chi connectivity index (χ0) is 38.7. The third-order valence-electron chi connectivity index (χ3n) is 10.2. The van der Waals surface area contributed by atoms with E-state index in [2.05, 4.69) is 16.3 Å². The van der Waals surface area contributed by atoms with Crippen LogP contribution in [0, 0.1) is 12.8 Å². The Morgan fingerprint density at radius 1 is 0.944 bits per heavy atom. The number of piperidine rings is 1. The second kappa shape index (κ2) is 17.0. The monoisotopic (exact) mass is 797 g/mol. The Balaban J connectivity index is 1.20. The van der Waals surface area contributed by atoms with Gasteiger partial charge in [0.15, 0.2) is 5.75 Å². The van der Waals surface area contributed by atoms with Gasteiger partial charge in [-0.25, -0.2) is 9.78 Å². The molecule has 3 amide bonds. The van der Waals surface area contributed by atoms with Crippen molar-refractivity contribution in [3.8, 4) is 5.75 Å². The van der Waals surface area contributed by atoms with Crippen LogP contribution in [0.5, 0.6) is 5.75 Å². The average molecular weight is 799 g/mol. The number of nitrogens with one attached hydrogen (secondary N) is 1. The van der Waals surface area contributed by atoms with Crippen LogP contribution in [-0.4, -0.2) is 83.2 Å². The molecule has 2 aliphatic heterocycles. The maximum Gasteiger partial charge on any atom is 0.410 e. The van der Waals surface area contributed by atoms with Gasteiger partial charge >= 0.3 is 6.09 Å². The van der Waals surface area contributed by atoms with Gasteiger partial charge in [0, 0.05) is 69.2 Å².